The summed E-state index contributed by atoms with van der Waals surface area (Å²) in [4.78, 5) is 23.5. The van der Waals surface area contributed by atoms with E-state index in [4.69, 9.17) is 5.11 Å². The topological polar surface area (TPSA) is 78.4 Å². The van der Waals surface area contributed by atoms with Crippen molar-refractivity contribution in [1.29, 1.82) is 0 Å². The number of carbonyl (C=O) groups excluding carboxylic acids is 1. The Morgan fingerprint density at radius 3 is 2.84 bits per heavy atom. The van der Waals surface area contributed by atoms with Crippen LogP contribution in [0.1, 0.15) is 36.6 Å². The Balaban J connectivity index is 1.80. The van der Waals surface area contributed by atoms with Crippen LogP contribution in [0, 0.1) is 0 Å². The van der Waals surface area contributed by atoms with Crippen molar-refractivity contribution in [2.45, 2.75) is 37.8 Å². The highest BCUT2D eigenvalue weighted by Gasteiger charge is 2.21. The van der Waals surface area contributed by atoms with Gasteiger partial charge in [0.1, 0.15) is 0 Å². The molecule has 2 rings (SSSR count). The first-order valence-electron chi connectivity index (χ1n) is 6.43. The van der Waals surface area contributed by atoms with Gasteiger partial charge in [-0.2, -0.15) is 0 Å². The van der Waals surface area contributed by atoms with Crippen LogP contribution in [0.3, 0.4) is 0 Å². The van der Waals surface area contributed by atoms with Crippen LogP contribution in [0.2, 0.25) is 0 Å². The van der Waals surface area contributed by atoms with Gasteiger partial charge in [0.15, 0.2) is 0 Å². The maximum atomic E-state index is 11.8. The van der Waals surface area contributed by atoms with Crippen molar-refractivity contribution in [3.8, 4) is 0 Å². The predicted octanol–water partition coefficient (Wildman–Crippen LogP) is 1.52. The molecule has 0 radical (unpaired) electrons. The van der Waals surface area contributed by atoms with Crippen molar-refractivity contribution in [3.63, 3.8) is 0 Å². The summed E-state index contributed by atoms with van der Waals surface area (Å²) in [5.41, 5.74) is 0. The third-order valence-electron chi connectivity index (χ3n) is 2.96. The molecule has 0 aromatic carbocycles. The van der Waals surface area contributed by atoms with E-state index in [1.165, 1.54) is 24.2 Å². The second-order valence-electron chi connectivity index (χ2n) is 4.71. The van der Waals surface area contributed by atoms with E-state index in [0.29, 0.717) is 19.0 Å². The quantitative estimate of drug-likeness (QED) is 0.675. The summed E-state index contributed by atoms with van der Waals surface area (Å²) in [6.45, 7) is 0.654. The lowest BCUT2D eigenvalue weighted by atomic mass is 10.1. The fraction of sp³-hybridized carbons (Fsp3) is 0.538. The lowest BCUT2D eigenvalue weighted by Crippen LogP contribution is -2.32. The van der Waals surface area contributed by atoms with Gasteiger partial charge in [0, 0.05) is 23.9 Å². The molecular formula is C13H18N2O3S. The van der Waals surface area contributed by atoms with E-state index >= 15 is 0 Å². The van der Waals surface area contributed by atoms with Crippen molar-refractivity contribution in [2.24, 2.45) is 0 Å². The van der Waals surface area contributed by atoms with Crippen LogP contribution in [0.5, 0.6) is 0 Å². The van der Waals surface area contributed by atoms with Crippen molar-refractivity contribution < 1.29 is 14.7 Å². The molecule has 1 amide bonds. The molecule has 1 heterocycles. The zero-order chi connectivity index (χ0) is 13.7. The first-order chi connectivity index (χ1) is 9.15. The van der Waals surface area contributed by atoms with Gasteiger partial charge in [-0.1, -0.05) is 6.07 Å². The van der Waals surface area contributed by atoms with Gasteiger partial charge in [-0.25, -0.2) is 0 Å². The minimum atomic E-state index is -0.908. The number of thiophene rings is 1. The second-order valence-corrected chi connectivity index (χ2v) is 5.69. The first-order valence-corrected chi connectivity index (χ1v) is 7.31. The smallest absolute Gasteiger partial charge is 0.305 e. The molecule has 104 valence electrons. The van der Waals surface area contributed by atoms with E-state index in [-0.39, 0.29) is 12.3 Å². The highest BCUT2D eigenvalue weighted by molar-refractivity contribution is 7.10. The molecular weight excluding hydrogens is 264 g/mol. The third kappa shape index (κ3) is 5.00. The molecule has 0 saturated heterocycles. The normalized spacial score (nSPS) is 16.0. The lowest BCUT2D eigenvalue weighted by molar-refractivity contribution is -0.137. The molecule has 0 bridgehead atoms. The zero-order valence-corrected chi connectivity index (χ0v) is 11.4. The molecule has 1 aromatic rings. The molecule has 1 aromatic heterocycles. The Morgan fingerprint density at radius 1 is 1.47 bits per heavy atom. The number of nitrogens with one attached hydrogen (secondary N) is 2. The van der Waals surface area contributed by atoms with Crippen molar-refractivity contribution >= 4 is 23.2 Å². The highest BCUT2D eigenvalue weighted by Crippen LogP contribution is 2.22. The summed E-state index contributed by atoms with van der Waals surface area (Å²) in [5.74, 6) is -1.01. The molecule has 1 saturated carbocycles. The van der Waals surface area contributed by atoms with Crippen LogP contribution < -0.4 is 10.6 Å². The molecule has 1 aliphatic carbocycles. The molecule has 1 atom stereocenters. The van der Waals surface area contributed by atoms with Gasteiger partial charge < -0.3 is 15.7 Å². The lowest BCUT2D eigenvalue weighted by Gasteiger charge is -2.15. The molecule has 19 heavy (non-hydrogen) atoms. The molecule has 3 N–H and O–H groups in total. The number of carboxylic acid groups (broad SMARTS) is 1. The summed E-state index contributed by atoms with van der Waals surface area (Å²) < 4.78 is 0. The molecule has 5 nitrogen and oxygen atoms in total. The van der Waals surface area contributed by atoms with E-state index in [9.17, 15) is 9.59 Å². The molecule has 1 fully saturated rings. The SMILES string of the molecule is O=C(O)CC(NC(=O)CCNC1CC1)c1cccs1. The standard InChI is InChI=1S/C13H18N2O3S/c16-12(5-6-14-9-3-4-9)15-10(8-13(17)18)11-2-1-7-19-11/h1-2,7,9-10,14H,3-6,8H2,(H,15,16)(H,17,18). The summed E-state index contributed by atoms with van der Waals surface area (Å²) in [6, 6.07) is 3.86. The zero-order valence-electron chi connectivity index (χ0n) is 10.6. The van der Waals surface area contributed by atoms with Crippen molar-refractivity contribution in [2.75, 3.05) is 6.54 Å². The Hall–Kier alpha value is -1.40. The van der Waals surface area contributed by atoms with Crippen LogP contribution in [0.4, 0.5) is 0 Å². The van der Waals surface area contributed by atoms with E-state index < -0.39 is 12.0 Å². The highest BCUT2D eigenvalue weighted by atomic mass is 32.1. The van der Waals surface area contributed by atoms with Gasteiger partial charge in [-0.15, -0.1) is 11.3 Å². The minimum Gasteiger partial charge on any atom is -0.481 e. The maximum absolute atomic E-state index is 11.8. The predicted molar refractivity (Wildman–Crippen MR) is 73.1 cm³/mol. The number of carboxylic acids is 1. The van der Waals surface area contributed by atoms with Gasteiger partial charge in [-0.3, -0.25) is 9.59 Å². The van der Waals surface area contributed by atoms with E-state index in [0.717, 1.165) is 4.88 Å². The number of aliphatic carboxylic acids is 1. The summed E-state index contributed by atoms with van der Waals surface area (Å²) in [6.07, 6.45) is 2.69. The van der Waals surface area contributed by atoms with Crippen LogP contribution >= 0.6 is 11.3 Å². The summed E-state index contributed by atoms with van der Waals surface area (Å²) in [5, 5.41) is 16.8. The number of rotatable bonds is 8. The number of amides is 1. The Labute approximate surface area is 116 Å². The molecule has 1 aliphatic rings. The molecule has 0 aliphatic heterocycles. The fourth-order valence-electron chi connectivity index (χ4n) is 1.83. The molecule has 1 unspecified atom stereocenters. The fourth-order valence-corrected chi connectivity index (χ4v) is 2.61. The van der Waals surface area contributed by atoms with Crippen LogP contribution in [-0.4, -0.2) is 29.6 Å². The third-order valence-corrected chi connectivity index (χ3v) is 3.95. The van der Waals surface area contributed by atoms with E-state index in [2.05, 4.69) is 10.6 Å². The van der Waals surface area contributed by atoms with Crippen molar-refractivity contribution in [3.05, 3.63) is 22.4 Å². The molecule has 0 spiro atoms. The number of hydrogen-bond acceptors (Lipinski definition) is 4. The Kier molecular flexibility index (Phi) is 4.93. The number of hydrogen-bond donors (Lipinski definition) is 3. The summed E-state index contributed by atoms with van der Waals surface area (Å²) >= 11 is 1.46. The summed E-state index contributed by atoms with van der Waals surface area (Å²) in [7, 11) is 0. The van der Waals surface area contributed by atoms with E-state index in [1.807, 2.05) is 17.5 Å². The van der Waals surface area contributed by atoms with Gasteiger partial charge in [0.05, 0.1) is 12.5 Å². The number of carbonyl (C=O) groups is 2. The van der Waals surface area contributed by atoms with Crippen LogP contribution in [-0.2, 0) is 9.59 Å². The average Bonchev–Trinajstić information content (AvgIpc) is 3.00. The van der Waals surface area contributed by atoms with Crippen LogP contribution in [0.15, 0.2) is 17.5 Å². The first kappa shape index (κ1) is 14.0. The van der Waals surface area contributed by atoms with Crippen molar-refractivity contribution in [1.82, 2.24) is 10.6 Å². The second kappa shape index (κ2) is 6.68. The monoisotopic (exact) mass is 282 g/mol. The Morgan fingerprint density at radius 2 is 2.26 bits per heavy atom. The largest absolute Gasteiger partial charge is 0.481 e. The van der Waals surface area contributed by atoms with Gasteiger partial charge >= 0.3 is 5.97 Å². The van der Waals surface area contributed by atoms with Gasteiger partial charge in [0.2, 0.25) is 5.91 Å². The van der Waals surface area contributed by atoms with Crippen LogP contribution in [0.25, 0.3) is 0 Å². The minimum absolute atomic E-state index is 0.0810. The average molecular weight is 282 g/mol. The van der Waals surface area contributed by atoms with Gasteiger partial charge in [0.25, 0.3) is 0 Å². The Bertz CT molecular complexity index is 429. The maximum Gasteiger partial charge on any atom is 0.305 e. The molecule has 6 heteroatoms. The van der Waals surface area contributed by atoms with E-state index in [1.54, 1.807) is 0 Å². The van der Waals surface area contributed by atoms with Gasteiger partial charge in [-0.05, 0) is 24.3 Å².